The number of aryl methyl sites for hydroxylation is 1. The molecule has 0 aliphatic heterocycles. The topological polar surface area (TPSA) is 78.5 Å². The predicted octanol–water partition coefficient (Wildman–Crippen LogP) is 4.52. The first-order valence-electron chi connectivity index (χ1n) is 11.0. The molecule has 2 aromatic heterocycles. The van der Waals surface area contributed by atoms with Crippen molar-refractivity contribution >= 4 is 39.2 Å². The van der Waals surface area contributed by atoms with E-state index in [9.17, 15) is 9.59 Å². The van der Waals surface area contributed by atoms with E-state index in [0.29, 0.717) is 18.7 Å². The predicted molar refractivity (Wildman–Crippen MR) is 137 cm³/mol. The van der Waals surface area contributed by atoms with Gasteiger partial charge in [0.1, 0.15) is 12.2 Å². The third kappa shape index (κ3) is 4.97. The van der Waals surface area contributed by atoms with E-state index >= 15 is 0 Å². The number of H-pyrrole nitrogens is 1. The fourth-order valence-corrected chi connectivity index (χ4v) is 4.75. The molecular weight excluding hydrogens is 448 g/mol. The van der Waals surface area contributed by atoms with Gasteiger partial charge >= 0.3 is 5.97 Å². The van der Waals surface area contributed by atoms with Gasteiger partial charge in [-0.2, -0.15) is 0 Å². The number of benzene rings is 2. The minimum atomic E-state index is -0.466. The van der Waals surface area contributed by atoms with Crippen LogP contribution in [0.5, 0.6) is 0 Å². The fraction of sp³-hybridized carbons (Fsp3) is 0.269. The van der Waals surface area contributed by atoms with Crippen molar-refractivity contribution in [3.05, 3.63) is 71.5 Å². The summed E-state index contributed by atoms with van der Waals surface area (Å²) in [5, 5.41) is 1.84. The lowest BCUT2D eigenvalue weighted by Gasteiger charge is -2.21. The third-order valence-electron chi connectivity index (χ3n) is 5.68. The lowest BCUT2D eigenvalue weighted by Crippen LogP contribution is -2.38. The molecule has 0 atom stereocenters. The smallest absolute Gasteiger partial charge is 0.325 e. The van der Waals surface area contributed by atoms with E-state index < -0.39 is 5.97 Å². The highest BCUT2D eigenvalue weighted by Gasteiger charge is 2.27. The van der Waals surface area contributed by atoms with Crippen molar-refractivity contribution < 1.29 is 14.3 Å². The van der Waals surface area contributed by atoms with Gasteiger partial charge in [-0.25, -0.2) is 4.98 Å². The van der Waals surface area contributed by atoms with Crippen molar-refractivity contribution in [3.8, 4) is 10.4 Å². The second kappa shape index (κ2) is 10.1. The van der Waals surface area contributed by atoms with E-state index in [1.807, 2.05) is 80.6 Å². The average Bonchev–Trinajstić information content (AvgIpc) is 3.46. The largest absolute Gasteiger partial charge is 0.468 e. The summed E-state index contributed by atoms with van der Waals surface area (Å²) >= 11 is 1.46. The minimum Gasteiger partial charge on any atom is -0.468 e. The molecule has 0 spiro atoms. The van der Waals surface area contributed by atoms with Crippen LogP contribution in [0.1, 0.15) is 21.6 Å². The van der Waals surface area contributed by atoms with Gasteiger partial charge in [0.25, 0.3) is 5.91 Å². The number of aromatic amines is 1. The SMILES string of the molecule is COC(=O)CN(CCc1c[nH]c2ccccc12)C(=O)c1nc(N(C)C)sc1-c1ccc(C)cc1. The van der Waals surface area contributed by atoms with Crippen molar-refractivity contribution in [1.82, 2.24) is 14.9 Å². The number of para-hydroxylation sites is 1. The van der Waals surface area contributed by atoms with E-state index in [-0.39, 0.29) is 12.5 Å². The Morgan fingerprint density at radius 3 is 2.53 bits per heavy atom. The van der Waals surface area contributed by atoms with Crippen LogP contribution in [0.25, 0.3) is 21.3 Å². The van der Waals surface area contributed by atoms with Crippen LogP contribution in [0, 0.1) is 6.92 Å². The van der Waals surface area contributed by atoms with Gasteiger partial charge in [-0.05, 0) is 30.5 Å². The Kier molecular flexibility index (Phi) is 6.98. The second-order valence-electron chi connectivity index (χ2n) is 8.35. The molecule has 2 heterocycles. The summed E-state index contributed by atoms with van der Waals surface area (Å²) in [6.45, 7) is 2.24. The Labute approximate surface area is 203 Å². The number of rotatable bonds is 8. The van der Waals surface area contributed by atoms with Crippen LogP contribution in [0.15, 0.2) is 54.7 Å². The van der Waals surface area contributed by atoms with E-state index in [0.717, 1.165) is 37.6 Å². The molecule has 7 nitrogen and oxygen atoms in total. The van der Waals surface area contributed by atoms with Gasteiger partial charge in [0, 0.05) is 37.7 Å². The molecule has 34 heavy (non-hydrogen) atoms. The molecule has 2 aromatic carbocycles. The molecule has 0 unspecified atom stereocenters. The highest BCUT2D eigenvalue weighted by molar-refractivity contribution is 7.19. The van der Waals surface area contributed by atoms with Gasteiger partial charge in [0.2, 0.25) is 0 Å². The Morgan fingerprint density at radius 2 is 1.82 bits per heavy atom. The van der Waals surface area contributed by atoms with Crippen LogP contribution in [0.3, 0.4) is 0 Å². The standard InChI is InChI=1S/C26H28N4O3S/c1-17-9-11-18(12-10-17)24-23(28-26(34-24)29(2)3)25(32)30(16-22(31)33-4)14-13-19-15-27-21-8-6-5-7-20(19)21/h5-12,15,27H,13-14,16H2,1-4H3. The van der Waals surface area contributed by atoms with Crippen molar-refractivity contribution in [3.63, 3.8) is 0 Å². The van der Waals surface area contributed by atoms with Crippen molar-refractivity contribution in [2.75, 3.05) is 39.2 Å². The van der Waals surface area contributed by atoms with Crippen LogP contribution in [0.4, 0.5) is 5.13 Å². The number of hydrogen-bond donors (Lipinski definition) is 1. The molecular formula is C26H28N4O3S. The number of nitrogens with zero attached hydrogens (tertiary/aromatic N) is 3. The molecule has 0 fully saturated rings. The van der Waals surface area contributed by atoms with Gasteiger partial charge in [-0.1, -0.05) is 59.4 Å². The lowest BCUT2D eigenvalue weighted by molar-refractivity contribution is -0.141. The molecule has 0 aliphatic rings. The Bertz CT molecular complexity index is 1310. The van der Waals surface area contributed by atoms with Gasteiger partial charge < -0.3 is 19.5 Å². The molecule has 8 heteroatoms. The van der Waals surface area contributed by atoms with Crippen LogP contribution < -0.4 is 4.90 Å². The second-order valence-corrected chi connectivity index (χ2v) is 9.32. The highest BCUT2D eigenvalue weighted by Crippen LogP contribution is 2.35. The number of fused-ring (bicyclic) bond motifs is 1. The van der Waals surface area contributed by atoms with E-state index in [2.05, 4.69) is 9.97 Å². The summed E-state index contributed by atoms with van der Waals surface area (Å²) in [5.74, 6) is -0.752. The summed E-state index contributed by atoms with van der Waals surface area (Å²) in [5.41, 5.74) is 4.54. The zero-order valence-electron chi connectivity index (χ0n) is 19.8. The molecule has 0 saturated heterocycles. The number of carbonyl (C=O) groups is 2. The van der Waals surface area contributed by atoms with Gasteiger partial charge in [0.15, 0.2) is 5.13 Å². The molecule has 176 valence electrons. The molecule has 1 amide bonds. The number of ether oxygens (including phenoxy) is 1. The summed E-state index contributed by atoms with van der Waals surface area (Å²) in [6, 6.07) is 16.1. The number of methoxy groups -OCH3 is 1. The first-order valence-corrected chi connectivity index (χ1v) is 11.8. The minimum absolute atomic E-state index is 0.139. The number of nitrogens with one attached hydrogen (secondary N) is 1. The maximum atomic E-state index is 13.8. The van der Waals surface area contributed by atoms with Crippen LogP contribution in [-0.2, 0) is 16.0 Å². The number of aromatic nitrogens is 2. The monoisotopic (exact) mass is 476 g/mol. The average molecular weight is 477 g/mol. The zero-order valence-corrected chi connectivity index (χ0v) is 20.6. The fourth-order valence-electron chi connectivity index (χ4n) is 3.76. The summed E-state index contributed by atoms with van der Waals surface area (Å²) in [6.07, 6.45) is 2.55. The van der Waals surface area contributed by atoms with E-state index in [4.69, 9.17) is 4.74 Å². The molecule has 1 N–H and O–H groups in total. The Hall–Kier alpha value is -3.65. The summed E-state index contributed by atoms with van der Waals surface area (Å²) < 4.78 is 4.88. The van der Waals surface area contributed by atoms with Gasteiger partial charge in [-0.15, -0.1) is 0 Å². The number of hydrogen-bond acceptors (Lipinski definition) is 6. The van der Waals surface area contributed by atoms with Gasteiger partial charge in [0.05, 0.1) is 12.0 Å². The molecule has 0 bridgehead atoms. The number of esters is 1. The van der Waals surface area contributed by atoms with Crippen LogP contribution >= 0.6 is 11.3 Å². The van der Waals surface area contributed by atoms with Crippen LogP contribution in [0.2, 0.25) is 0 Å². The van der Waals surface area contributed by atoms with Gasteiger partial charge in [-0.3, -0.25) is 9.59 Å². The zero-order chi connectivity index (χ0) is 24.2. The molecule has 0 aliphatic carbocycles. The van der Waals surface area contributed by atoms with Crippen molar-refractivity contribution in [2.45, 2.75) is 13.3 Å². The maximum Gasteiger partial charge on any atom is 0.325 e. The Balaban J connectivity index is 1.67. The van der Waals surface area contributed by atoms with Crippen molar-refractivity contribution in [2.24, 2.45) is 0 Å². The number of anilines is 1. The van der Waals surface area contributed by atoms with Crippen molar-refractivity contribution in [1.29, 1.82) is 0 Å². The van der Waals surface area contributed by atoms with Crippen LogP contribution in [-0.4, -0.2) is 61.0 Å². The van der Waals surface area contributed by atoms with E-state index in [1.54, 1.807) is 0 Å². The summed E-state index contributed by atoms with van der Waals surface area (Å²) in [7, 11) is 5.12. The normalized spacial score (nSPS) is 10.9. The Morgan fingerprint density at radius 1 is 1.09 bits per heavy atom. The lowest BCUT2D eigenvalue weighted by atomic mass is 10.1. The number of carbonyl (C=O) groups excluding carboxylic acids is 2. The number of amides is 1. The molecule has 0 radical (unpaired) electrons. The summed E-state index contributed by atoms with van der Waals surface area (Å²) in [4.78, 5) is 38.1. The third-order valence-corrected chi connectivity index (χ3v) is 6.95. The first kappa shape index (κ1) is 23.5. The van der Waals surface area contributed by atoms with E-state index in [1.165, 1.54) is 23.3 Å². The highest BCUT2D eigenvalue weighted by atomic mass is 32.1. The quantitative estimate of drug-likeness (QED) is 0.378. The maximum absolute atomic E-state index is 13.8. The first-order chi connectivity index (χ1) is 16.4. The number of thiazole rings is 1. The molecule has 4 rings (SSSR count). The molecule has 0 saturated carbocycles. The molecule has 4 aromatic rings.